The number of ether oxygens (including phenoxy) is 3. The molecule has 3 aliphatic heterocycles. The normalized spacial score (nSPS) is 16.6. The van der Waals surface area contributed by atoms with Crippen molar-refractivity contribution < 1.29 is 43.0 Å². The number of carbonyl (C=O) groups is 6. The third kappa shape index (κ3) is 5.74. The number of methoxy groups -OCH3 is 3. The number of carbonyl (C=O) groups excluding carboxylic acids is 6. The summed E-state index contributed by atoms with van der Waals surface area (Å²) in [6.45, 7) is 2.37. The molecule has 12 heteroatoms. The second kappa shape index (κ2) is 13.3. The fourth-order valence-corrected chi connectivity index (χ4v) is 6.19. The third-order valence-electron chi connectivity index (χ3n) is 8.97. The number of hydrogen-bond donors (Lipinski definition) is 0. The number of hydrogen-bond acceptors (Lipinski definition) is 9. The number of imide groups is 3. The minimum atomic E-state index is -0.864. The van der Waals surface area contributed by atoms with Gasteiger partial charge in [0.15, 0.2) is 0 Å². The highest BCUT2D eigenvalue weighted by molar-refractivity contribution is 6.35. The summed E-state index contributed by atoms with van der Waals surface area (Å²) in [7, 11) is 4.54. The van der Waals surface area contributed by atoms with Crippen molar-refractivity contribution in [3.63, 3.8) is 0 Å². The number of nitrogens with zero attached hydrogens (tertiary/aromatic N) is 3. The maximum atomic E-state index is 14.3. The lowest BCUT2D eigenvalue weighted by molar-refractivity contribution is -0.141. The monoisotopic (exact) mass is 675 g/mol. The van der Waals surface area contributed by atoms with E-state index in [1.165, 1.54) is 35.2 Å². The average Bonchev–Trinajstić information content (AvgIpc) is 3.58. The number of benzene rings is 3. The Morgan fingerprint density at radius 3 is 0.880 bits per heavy atom. The van der Waals surface area contributed by atoms with Crippen LogP contribution in [0.3, 0.4) is 0 Å². The molecule has 3 aromatic carbocycles. The molecule has 6 rings (SSSR count). The highest BCUT2D eigenvalue weighted by Crippen LogP contribution is 2.41. The van der Waals surface area contributed by atoms with Crippen LogP contribution in [0.1, 0.15) is 30.5 Å². The molecule has 0 unspecified atom stereocenters. The van der Waals surface area contributed by atoms with Gasteiger partial charge >= 0.3 is 0 Å². The third-order valence-corrected chi connectivity index (χ3v) is 8.97. The molecule has 3 aromatic rings. The SMILES string of the molecule is COc1ccc(CN2C(=O)C(C)=C(C3=C(C4=C(C)C(=O)N(Cc5ccc(OC)cc5)C4=O)C(=O)N(Cc4ccc(OC)cc4)C3=O)C2=O)cc1. The zero-order valence-electron chi connectivity index (χ0n) is 28.1. The summed E-state index contributed by atoms with van der Waals surface area (Å²) in [5.41, 5.74) is 0.324. The zero-order valence-corrected chi connectivity index (χ0v) is 28.1. The Hall–Kier alpha value is -6.30. The van der Waals surface area contributed by atoms with Crippen LogP contribution in [0.15, 0.2) is 106 Å². The smallest absolute Gasteiger partial charge is 0.262 e. The highest BCUT2D eigenvalue weighted by Gasteiger charge is 2.51. The van der Waals surface area contributed by atoms with Gasteiger partial charge in [0.05, 0.1) is 63.3 Å². The van der Waals surface area contributed by atoms with Crippen LogP contribution in [0.4, 0.5) is 0 Å². The van der Waals surface area contributed by atoms with Crippen molar-refractivity contribution in [2.45, 2.75) is 33.5 Å². The minimum Gasteiger partial charge on any atom is -0.497 e. The summed E-state index contributed by atoms with van der Waals surface area (Å²) >= 11 is 0. The molecule has 0 aromatic heterocycles. The lowest BCUT2D eigenvalue weighted by Crippen LogP contribution is -2.33. The molecule has 50 heavy (non-hydrogen) atoms. The first-order chi connectivity index (χ1) is 24.0. The summed E-state index contributed by atoms with van der Waals surface area (Å²) in [6.07, 6.45) is 0. The first-order valence-electron chi connectivity index (χ1n) is 15.6. The van der Waals surface area contributed by atoms with Crippen LogP contribution in [-0.4, -0.2) is 71.5 Å². The lowest BCUT2D eigenvalue weighted by atomic mass is 9.92. The Morgan fingerprint density at radius 2 is 0.620 bits per heavy atom. The Bertz CT molecular complexity index is 1930. The largest absolute Gasteiger partial charge is 0.497 e. The molecular formula is C38H33N3O9. The summed E-state index contributed by atoms with van der Waals surface area (Å²) in [5.74, 6) is -2.89. The van der Waals surface area contributed by atoms with Gasteiger partial charge in [0.25, 0.3) is 35.4 Å². The van der Waals surface area contributed by atoms with Gasteiger partial charge < -0.3 is 14.2 Å². The molecule has 12 nitrogen and oxygen atoms in total. The predicted octanol–water partition coefficient (Wildman–Crippen LogP) is 3.65. The van der Waals surface area contributed by atoms with Gasteiger partial charge in [-0.05, 0) is 66.9 Å². The van der Waals surface area contributed by atoms with Gasteiger partial charge in [-0.15, -0.1) is 0 Å². The van der Waals surface area contributed by atoms with Crippen molar-refractivity contribution in [2.75, 3.05) is 21.3 Å². The maximum Gasteiger partial charge on any atom is 0.262 e. The van der Waals surface area contributed by atoms with E-state index in [1.807, 2.05) is 0 Å². The van der Waals surface area contributed by atoms with Gasteiger partial charge in [0, 0.05) is 11.1 Å². The van der Waals surface area contributed by atoms with Crippen molar-refractivity contribution in [1.82, 2.24) is 14.7 Å². The van der Waals surface area contributed by atoms with E-state index in [0.717, 1.165) is 14.7 Å². The molecule has 0 saturated carbocycles. The molecule has 254 valence electrons. The van der Waals surface area contributed by atoms with E-state index >= 15 is 0 Å². The second-order valence-electron chi connectivity index (χ2n) is 11.9. The minimum absolute atomic E-state index is 0.0615. The Morgan fingerprint density at radius 1 is 0.380 bits per heavy atom. The standard InChI is InChI=1S/C38H33N3O9/c1-21-29(35(44)39(33(21)42)18-23-6-12-26(48-3)13-7-23)31-32(38(47)41(37(31)46)20-25-10-16-28(50-5)17-11-25)30-22(2)34(43)40(36(30)45)19-24-8-14-27(49-4)15-9-24/h6-17H,18-20H2,1-5H3. The van der Waals surface area contributed by atoms with Crippen LogP contribution in [0, 0.1) is 0 Å². The van der Waals surface area contributed by atoms with E-state index in [4.69, 9.17) is 14.2 Å². The van der Waals surface area contributed by atoms with Gasteiger partial charge in [-0.1, -0.05) is 36.4 Å². The van der Waals surface area contributed by atoms with E-state index in [2.05, 4.69) is 0 Å². The summed E-state index contributed by atoms with van der Waals surface area (Å²) < 4.78 is 15.6. The van der Waals surface area contributed by atoms with Crippen LogP contribution in [0.5, 0.6) is 17.2 Å². The molecule has 3 aliphatic rings. The Labute approximate surface area is 287 Å². The molecule has 6 amide bonds. The fourth-order valence-electron chi connectivity index (χ4n) is 6.19. The molecule has 0 radical (unpaired) electrons. The summed E-state index contributed by atoms with van der Waals surface area (Å²) in [6, 6.07) is 20.2. The molecule has 0 aliphatic carbocycles. The Balaban J connectivity index is 1.41. The second-order valence-corrected chi connectivity index (χ2v) is 11.9. The number of rotatable bonds is 11. The van der Waals surface area contributed by atoms with E-state index in [1.54, 1.807) is 72.8 Å². The summed E-state index contributed by atoms with van der Waals surface area (Å²) in [5, 5.41) is 0. The molecule has 0 spiro atoms. The van der Waals surface area contributed by atoms with Crippen LogP contribution >= 0.6 is 0 Å². The molecule has 0 fully saturated rings. The van der Waals surface area contributed by atoms with E-state index in [-0.39, 0.29) is 41.9 Å². The quantitative estimate of drug-likeness (QED) is 0.279. The molecule has 3 heterocycles. The molecule has 0 saturated heterocycles. The van der Waals surface area contributed by atoms with Crippen molar-refractivity contribution in [2.24, 2.45) is 0 Å². The predicted molar refractivity (Wildman–Crippen MR) is 178 cm³/mol. The van der Waals surface area contributed by atoms with Gasteiger partial charge in [-0.2, -0.15) is 0 Å². The first-order valence-corrected chi connectivity index (χ1v) is 15.6. The topological polar surface area (TPSA) is 140 Å². The highest BCUT2D eigenvalue weighted by atomic mass is 16.5. The number of amides is 6. The van der Waals surface area contributed by atoms with Gasteiger partial charge in [0.1, 0.15) is 17.2 Å². The molecule has 0 N–H and O–H groups in total. The van der Waals surface area contributed by atoms with E-state index < -0.39 is 46.6 Å². The van der Waals surface area contributed by atoms with Crippen molar-refractivity contribution >= 4 is 35.4 Å². The van der Waals surface area contributed by atoms with E-state index in [9.17, 15) is 28.8 Å². The summed E-state index contributed by atoms with van der Waals surface area (Å²) in [4.78, 5) is 86.8. The van der Waals surface area contributed by atoms with Gasteiger partial charge in [-0.3, -0.25) is 43.5 Å². The lowest BCUT2D eigenvalue weighted by Gasteiger charge is -2.17. The maximum absolute atomic E-state index is 14.3. The first kappa shape index (κ1) is 33.6. The zero-order chi connectivity index (χ0) is 35.9. The van der Waals surface area contributed by atoms with E-state index in [0.29, 0.717) is 33.9 Å². The molecule has 0 bridgehead atoms. The van der Waals surface area contributed by atoms with Crippen molar-refractivity contribution in [1.29, 1.82) is 0 Å². The van der Waals surface area contributed by atoms with Crippen molar-refractivity contribution in [3.8, 4) is 17.2 Å². The fraction of sp³-hybridized carbons (Fsp3) is 0.211. The molecular weight excluding hydrogens is 642 g/mol. The van der Waals surface area contributed by atoms with Crippen LogP contribution < -0.4 is 14.2 Å². The van der Waals surface area contributed by atoms with Gasteiger partial charge in [-0.25, -0.2) is 0 Å². The van der Waals surface area contributed by atoms with Crippen LogP contribution in [-0.2, 0) is 48.4 Å². The average molecular weight is 676 g/mol. The van der Waals surface area contributed by atoms with Crippen LogP contribution in [0.2, 0.25) is 0 Å². The molecule has 0 atom stereocenters. The Kier molecular flexibility index (Phi) is 8.94. The van der Waals surface area contributed by atoms with Gasteiger partial charge in [0.2, 0.25) is 0 Å². The van der Waals surface area contributed by atoms with Crippen LogP contribution in [0.25, 0.3) is 0 Å². The van der Waals surface area contributed by atoms with Crippen molar-refractivity contribution in [3.05, 3.63) is 123 Å².